The van der Waals surface area contributed by atoms with Gasteiger partial charge in [-0.2, -0.15) is 0 Å². The minimum atomic E-state index is 0. The van der Waals surface area contributed by atoms with Crippen LogP contribution in [-0.4, -0.2) is 52.5 Å². The van der Waals surface area contributed by atoms with E-state index in [-0.39, 0.29) is 24.0 Å². The van der Waals surface area contributed by atoms with E-state index >= 15 is 0 Å². The molecule has 0 spiro atoms. The summed E-state index contributed by atoms with van der Waals surface area (Å²) in [5, 5.41) is 6.89. The molecule has 1 unspecified atom stereocenters. The van der Waals surface area contributed by atoms with E-state index in [2.05, 4.69) is 15.6 Å². The Balaban J connectivity index is 0.00000242. The maximum atomic E-state index is 5.64. The van der Waals surface area contributed by atoms with Gasteiger partial charge in [-0.05, 0) is 43.9 Å². The van der Waals surface area contributed by atoms with Crippen molar-refractivity contribution >= 4 is 29.9 Å². The van der Waals surface area contributed by atoms with E-state index in [0.717, 1.165) is 45.1 Å². The monoisotopic (exact) mass is 425 g/mol. The first-order valence-electron chi connectivity index (χ1n) is 8.33. The quantitative estimate of drug-likeness (QED) is 0.357. The third kappa shape index (κ3) is 6.20. The van der Waals surface area contributed by atoms with Gasteiger partial charge in [-0.1, -0.05) is 6.42 Å². The zero-order chi connectivity index (χ0) is 15.0. The highest BCUT2D eigenvalue weighted by atomic mass is 127. The number of hydrogen-bond donors (Lipinski definition) is 2. The van der Waals surface area contributed by atoms with E-state index in [1.54, 1.807) is 7.11 Å². The van der Waals surface area contributed by atoms with Crippen molar-refractivity contribution in [2.24, 2.45) is 10.4 Å². The molecule has 2 aliphatic rings. The maximum Gasteiger partial charge on any atom is 0.190 e. The molecule has 0 aromatic heterocycles. The van der Waals surface area contributed by atoms with Crippen LogP contribution in [0.2, 0.25) is 0 Å². The van der Waals surface area contributed by atoms with Gasteiger partial charge in [-0.25, -0.2) is 0 Å². The minimum absolute atomic E-state index is 0. The van der Waals surface area contributed by atoms with Crippen LogP contribution < -0.4 is 10.6 Å². The number of nitrogens with one attached hydrogen (secondary N) is 2. The van der Waals surface area contributed by atoms with Gasteiger partial charge >= 0.3 is 0 Å². The van der Waals surface area contributed by atoms with Crippen LogP contribution in [0.1, 0.15) is 44.9 Å². The molecule has 2 N–H and O–H groups in total. The summed E-state index contributed by atoms with van der Waals surface area (Å²) in [7, 11) is 3.62. The lowest BCUT2D eigenvalue weighted by molar-refractivity contribution is 0.0732. The summed E-state index contributed by atoms with van der Waals surface area (Å²) in [5.74, 6) is 0.914. The standard InChI is InChI=1S/C16H31N3O2.HI/c1-17-15(18-10-6-14-5-3-11-21-14)19-13-16(7-4-8-16)9-12-20-2;/h14H,3-13H2,1-2H3,(H2,17,18,19);1H. The fraction of sp³-hybridized carbons (Fsp3) is 0.938. The van der Waals surface area contributed by atoms with E-state index < -0.39 is 0 Å². The Morgan fingerprint density at radius 1 is 1.32 bits per heavy atom. The van der Waals surface area contributed by atoms with E-state index in [1.807, 2.05) is 7.05 Å². The van der Waals surface area contributed by atoms with Crippen molar-refractivity contribution < 1.29 is 9.47 Å². The van der Waals surface area contributed by atoms with Crippen molar-refractivity contribution in [3.63, 3.8) is 0 Å². The summed E-state index contributed by atoms with van der Waals surface area (Å²) in [6.07, 6.45) is 9.00. The van der Waals surface area contributed by atoms with Crippen molar-refractivity contribution in [1.29, 1.82) is 0 Å². The van der Waals surface area contributed by atoms with Crippen LogP contribution in [-0.2, 0) is 9.47 Å². The SMILES string of the molecule is CN=C(NCCC1CCCO1)NCC1(CCOC)CCC1.I. The molecule has 22 heavy (non-hydrogen) atoms. The van der Waals surface area contributed by atoms with Crippen molar-refractivity contribution in [2.45, 2.75) is 51.0 Å². The van der Waals surface area contributed by atoms with Crippen LogP contribution in [0, 0.1) is 5.41 Å². The molecule has 1 saturated carbocycles. The number of nitrogens with zero attached hydrogens (tertiary/aromatic N) is 1. The summed E-state index contributed by atoms with van der Waals surface area (Å²) >= 11 is 0. The van der Waals surface area contributed by atoms with Gasteiger partial charge in [0.05, 0.1) is 6.10 Å². The second-order valence-electron chi connectivity index (χ2n) is 6.37. The topological polar surface area (TPSA) is 54.9 Å². The van der Waals surface area contributed by atoms with Gasteiger partial charge in [-0.15, -0.1) is 24.0 Å². The molecule has 1 saturated heterocycles. The van der Waals surface area contributed by atoms with Crippen LogP contribution in [0.25, 0.3) is 0 Å². The number of halogens is 1. The highest BCUT2D eigenvalue weighted by Gasteiger charge is 2.36. The smallest absolute Gasteiger partial charge is 0.190 e. The number of methoxy groups -OCH3 is 1. The molecule has 2 fully saturated rings. The molecular weight excluding hydrogens is 393 g/mol. The first kappa shape index (κ1) is 20.0. The van der Waals surface area contributed by atoms with Crippen LogP contribution in [0.5, 0.6) is 0 Å². The molecule has 0 radical (unpaired) electrons. The first-order chi connectivity index (χ1) is 10.3. The van der Waals surface area contributed by atoms with E-state index in [0.29, 0.717) is 11.5 Å². The van der Waals surface area contributed by atoms with Crippen molar-refractivity contribution in [3.8, 4) is 0 Å². The average molecular weight is 425 g/mol. The second kappa shape index (κ2) is 10.6. The average Bonchev–Trinajstić information content (AvgIpc) is 2.97. The number of aliphatic imine (C=N–C) groups is 1. The van der Waals surface area contributed by atoms with Crippen molar-refractivity contribution in [1.82, 2.24) is 10.6 Å². The molecule has 1 heterocycles. The van der Waals surface area contributed by atoms with Gasteiger partial charge in [0.15, 0.2) is 5.96 Å². The lowest BCUT2D eigenvalue weighted by Crippen LogP contribution is -2.47. The summed E-state index contributed by atoms with van der Waals surface area (Å²) in [6, 6.07) is 0. The molecular formula is C16H32IN3O2. The molecule has 5 nitrogen and oxygen atoms in total. The molecule has 0 aromatic rings. The number of hydrogen-bond acceptors (Lipinski definition) is 3. The van der Waals surface area contributed by atoms with Crippen LogP contribution in [0.3, 0.4) is 0 Å². The Morgan fingerprint density at radius 3 is 2.68 bits per heavy atom. The fourth-order valence-electron chi connectivity index (χ4n) is 3.23. The lowest BCUT2D eigenvalue weighted by atomic mass is 9.67. The normalized spacial score (nSPS) is 23.5. The number of guanidine groups is 1. The predicted molar refractivity (Wildman–Crippen MR) is 101 cm³/mol. The molecule has 1 aliphatic carbocycles. The Bertz CT molecular complexity index is 329. The third-order valence-corrected chi connectivity index (χ3v) is 4.89. The van der Waals surface area contributed by atoms with E-state index in [1.165, 1.54) is 32.1 Å². The molecule has 130 valence electrons. The fourth-order valence-corrected chi connectivity index (χ4v) is 3.23. The van der Waals surface area contributed by atoms with E-state index in [4.69, 9.17) is 9.47 Å². The molecule has 0 aromatic carbocycles. The van der Waals surface area contributed by atoms with Gasteiger partial charge in [0.2, 0.25) is 0 Å². The summed E-state index contributed by atoms with van der Waals surface area (Å²) in [5.41, 5.74) is 0.419. The molecule has 0 amide bonds. The summed E-state index contributed by atoms with van der Waals surface area (Å²) < 4.78 is 10.9. The number of rotatable bonds is 8. The number of ether oxygens (including phenoxy) is 2. The van der Waals surface area contributed by atoms with Crippen LogP contribution >= 0.6 is 24.0 Å². The Morgan fingerprint density at radius 2 is 2.14 bits per heavy atom. The lowest BCUT2D eigenvalue weighted by Gasteiger charge is -2.42. The molecule has 1 aliphatic heterocycles. The first-order valence-corrected chi connectivity index (χ1v) is 8.33. The van der Waals surface area contributed by atoms with E-state index in [9.17, 15) is 0 Å². The highest BCUT2D eigenvalue weighted by molar-refractivity contribution is 14.0. The summed E-state index contributed by atoms with van der Waals surface area (Å²) in [6.45, 7) is 3.71. The third-order valence-electron chi connectivity index (χ3n) is 4.89. The highest BCUT2D eigenvalue weighted by Crippen LogP contribution is 2.43. The molecule has 6 heteroatoms. The molecule has 2 rings (SSSR count). The summed E-state index contributed by atoms with van der Waals surface area (Å²) in [4.78, 5) is 4.32. The van der Waals surface area contributed by atoms with Crippen LogP contribution in [0.15, 0.2) is 4.99 Å². The molecule has 1 atom stereocenters. The molecule has 0 bridgehead atoms. The van der Waals surface area contributed by atoms with Crippen LogP contribution in [0.4, 0.5) is 0 Å². The van der Waals surface area contributed by atoms with Crippen molar-refractivity contribution in [3.05, 3.63) is 0 Å². The Hall–Kier alpha value is -0.0800. The predicted octanol–water partition coefficient (Wildman–Crippen LogP) is 2.55. The van der Waals surface area contributed by atoms with Gasteiger partial charge in [0.25, 0.3) is 0 Å². The zero-order valence-electron chi connectivity index (χ0n) is 14.0. The van der Waals surface area contributed by atoms with Gasteiger partial charge in [0, 0.05) is 40.5 Å². The Kier molecular flexibility index (Phi) is 9.66. The van der Waals surface area contributed by atoms with Crippen molar-refractivity contribution in [2.75, 3.05) is 40.5 Å². The zero-order valence-corrected chi connectivity index (χ0v) is 16.4. The van der Waals surface area contributed by atoms with Gasteiger partial charge in [-0.3, -0.25) is 4.99 Å². The maximum absolute atomic E-state index is 5.64. The Labute approximate surface area is 152 Å². The van der Waals surface area contributed by atoms with Gasteiger partial charge < -0.3 is 20.1 Å². The largest absolute Gasteiger partial charge is 0.385 e. The van der Waals surface area contributed by atoms with Gasteiger partial charge in [0.1, 0.15) is 0 Å². The second-order valence-corrected chi connectivity index (χ2v) is 6.37. The minimum Gasteiger partial charge on any atom is -0.385 e.